The van der Waals surface area contributed by atoms with Crippen LogP contribution in [0.3, 0.4) is 0 Å². The number of thioether (sulfide) groups is 1. The summed E-state index contributed by atoms with van der Waals surface area (Å²) in [6.45, 7) is 3.29. The van der Waals surface area contributed by atoms with Crippen molar-refractivity contribution in [2.75, 3.05) is 5.75 Å². The Bertz CT molecular complexity index is 493. The number of rotatable bonds is 1. The molecular formula is C10H12N4S. The average Bonchev–Trinajstić information content (AvgIpc) is 2.66. The maximum absolute atomic E-state index is 4.52. The molecule has 5 heteroatoms. The van der Waals surface area contributed by atoms with E-state index in [1.807, 2.05) is 11.8 Å². The van der Waals surface area contributed by atoms with E-state index in [4.69, 9.17) is 0 Å². The van der Waals surface area contributed by atoms with Crippen molar-refractivity contribution in [2.45, 2.75) is 25.0 Å². The molecule has 0 fully saturated rings. The van der Waals surface area contributed by atoms with Crippen molar-refractivity contribution in [2.24, 2.45) is 5.92 Å². The standard InChI is InChI=1S/C10H12N4S/c1-2-7-4-14-9-8(3-11-6-12-9)13-10(14)15-5-7/h3,6-7H,2,4-5H2,1H3. The van der Waals surface area contributed by atoms with Crippen molar-refractivity contribution in [3.63, 3.8) is 0 Å². The molecule has 15 heavy (non-hydrogen) atoms. The summed E-state index contributed by atoms with van der Waals surface area (Å²) >= 11 is 1.83. The van der Waals surface area contributed by atoms with Crippen LogP contribution in [0.5, 0.6) is 0 Å². The lowest BCUT2D eigenvalue weighted by Gasteiger charge is -2.21. The van der Waals surface area contributed by atoms with E-state index in [2.05, 4.69) is 26.4 Å². The zero-order valence-electron chi connectivity index (χ0n) is 8.55. The molecule has 0 spiro atoms. The largest absolute Gasteiger partial charge is 0.303 e. The molecule has 1 aliphatic rings. The summed E-state index contributed by atoms with van der Waals surface area (Å²) < 4.78 is 2.22. The van der Waals surface area contributed by atoms with Crippen LogP contribution < -0.4 is 0 Å². The van der Waals surface area contributed by atoms with Gasteiger partial charge in [0.05, 0.1) is 6.20 Å². The van der Waals surface area contributed by atoms with E-state index in [0.717, 1.165) is 28.8 Å². The molecule has 0 saturated carbocycles. The minimum Gasteiger partial charge on any atom is -0.303 e. The molecule has 0 aliphatic carbocycles. The van der Waals surface area contributed by atoms with Crippen LogP contribution in [0.4, 0.5) is 0 Å². The van der Waals surface area contributed by atoms with Gasteiger partial charge >= 0.3 is 0 Å². The molecule has 78 valence electrons. The van der Waals surface area contributed by atoms with Gasteiger partial charge in [-0.15, -0.1) is 0 Å². The predicted octanol–water partition coefficient (Wildman–Crippen LogP) is 1.96. The number of imidazole rings is 1. The number of fused-ring (bicyclic) bond motifs is 3. The zero-order valence-corrected chi connectivity index (χ0v) is 9.37. The molecule has 0 aromatic carbocycles. The summed E-state index contributed by atoms with van der Waals surface area (Å²) in [5.74, 6) is 1.92. The van der Waals surface area contributed by atoms with Crippen molar-refractivity contribution in [1.29, 1.82) is 0 Å². The lowest BCUT2D eigenvalue weighted by atomic mass is 10.1. The maximum atomic E-state index is 4.52. The minimum absolute atomic E-state index is 0.745. The fraction of sp³-hybridized carbons (Fsp3) is 0.500. The van der Waals surface area contributed by atoms with Gasteiger partial charge in [-0.2, -0.15) is 0 Å². The van der Waals surface area contributed by atoms with E-state index in [0.29, 0.717) is 0 Å². The molecule has 1 atom stereocenters. The van der Waals surface area contributed by atoms with Crippen molar-refractivity contribution in [3.8, 4) is 0 Å². The Hall–Kier alpha value is -1.10. The number of hydrogen-bond donors (Lipinski definition) is 0. The zero-order chi connectivity index (χ0) is 10.3. The number of hydrogen-bond acceptors (Lipinski definition) is 4. The van der Waals surface area contributed by atoms with Crippen LogP contribution in [0, 0.1) is 5.92 Å². The van der Waals surface area contributed by atoms with Gasteiger partial charge in [-0.1, -0.05) is 25.1 Å². The lowest BCUT2D eigenvalue weighted by molar-refractivity contribution is 0.447. The van der Waals surface area contributed by atoms with Crippen LogP contribution in [0.1, 0.15) is 13.3 Å². The Balaban J connectivity index is 2.14. The van der Waals surface area contributed by atoms with Crippen LogP contribution >= 0.6 is 11.8 Å². The molecule has 0 saturated heterocycles. The molecule has 3 rings (SSSR count). The Morgan fingerprint density at radius 3 is 3.40 bits per heavy atom. The molecule has 0 amide bonds. The SMILES string of the molecule is CCC1CSc2nc3cncnc3n2C1. The second-order valence-electron chi connectivity index (χ2n) is 3.82. The predicted molar refractivity (Wildman–Crippen MR) is 59.8 cm³/mol. The number of nitrogens with zero attached hydrogens (tertiary/aromatic N) is 4. The van der Waals surface area contributed by atoms with E-state index < -0.39 is 0 Å². The first-order valence-corrected chi connectivity index (χ1v) is 6.16. The molecule has 2 aromatic rings. The fourth-order valence-corrected chi connectivity index (χ4v) is 3.09. The highest BCUT2D eigenvalue weighted by Gasteiger charge is 2.21. The molecule has 0 bridgehead atoms. The summed E-state index contributed by atoms with van der Waals surface area (Å²) in [6.07, 6.45) is 4.60. The van der Waals surface area contributed by atoms with Gasteiger partial charge in [-0.25, -0.2) is 15.0 Å². The first-order chi connectivity index (χ1) is 7.38. The smallest absolute Gasteiger partial charge is 0.170 e. The average molecular weight is 220 g/mol. The van der Waals surface area contributed by atoms with Crippen LogP contribution in [-0.4, -0.2) is 25.3 Å². The maximum Gasteiger partial charge on any atom is 0.170 e. The summed E-state index contributed by atoms with van der Waals surface area (Å²) in [5.41, 5.74) is 1.89. The summed E-state index contributed by atoms with van der Waals surface area (Å²) in [6, 6.07) is 0. The minimum atomic E-state index is 0.745. The van der Waals surface area contributed by atoms with Crippen molar-refractivity contribution < 1.29 is 0 Å². The Labute approximate surface area is 92.1 Å². The first-order valence-electron chi connectivity index (χ1n) is 5.17. The fourth-order valence-electron chi connectivity index (χ4n) is 1.88. The Kier molecular flexibility index (Phi) is 2.12. The van der Waals surface area contributed by atoms with Gasteiger partial charge in [-0.3, -0.25) is 0 Å². The van der Waals surface area contributed by atoms with E-state index in [9.17, 15) is 0 Å². The van der Waals surface area contributed by atoms with E-state index in [1.165, 1.54) is 12.2 Å². The van der Waals surface area contributed by atoms with Crippen molar-refractivity contribution >= 4 is 22.9 Å². The second kappa shape index (κ2) is 3.48. The van der Waals surface area contributed by atoms with Gasteiger partial charge in [0.15, 0.2) is 10.8 Å². The summed E-state index contributed by atoms with van der Waals surface area (Å²) in [7, 11) is 0. The molecule has 1 aliphatic heterocycles. The summed E-state index contributed by atoms with van der Waals surface area (Å²) in [4.78, 5) is 12.8. The van der Waals surface area contributed by atoms with Crippen molar-refractivity contribution in [1.82, 2.24) is 19.5 Å². The highest BCUT2D eigenvalue weighted by molar-refractivity contribution is 7.99. The van der Waals surface area contributed by atoms with Crippen molar-refractivity contribution in [3.05, 3.63) is 12.5 Å². The Morgan fingerprint density at radius 1 is 1.60 bits per heavy atom. The van der Waals surface area contributed by atoms with E-state index >= 15 is 0 Å². The normalized spacial score (nSPS) is 20.5. The highest BCUT2D eigenvalue weighted by Crippen LogP contribution is 2.31. The number of aromatic nitrogens is 4. The molecule has 2 aromatic heterocycles. The highest BCUT2D eigenvalue weighted by atomic mass is 32.2. The van der Waals surface area contributed by atoms with Gasteiger partial charge in [0, 0.05) is 12.3 Å². The quantitative estimate of drug-likeness (QED) is 0.737. The van der Waals surface area contributed by atoms with Gasteiger partial charge in [0.1, 0.15) is 11.8 Å². The van der Waals surface area contributed by atoms with Gasteiger partial charge < -0.3 is 4.57 Å². The molecular weight excluding hydrogens is 208 g/mol. The third-order valence-corrected chi connectivity index (χ3v) is 4.05. The first kappa shape index (κ1) is 9.15. The molecule has 3 heterocycles. The van der Waals surface area contributed by atoms with Gasteiger partial charge in [0.25, 0.3) is 0 Å². The lowest BCUT2D eigenvalue weighted by Crippen LogP contribution is -2.18. The monoisotopic (exact) mass is 220 g/mol. The third kappa shape index (κ3) is 1.42. The van der Waals surface area contributed by atoms with E-state index in [1.54, 1.807) is 12.5 Å². The topological polar surface area (TPSA) is 43.6 Å². The third-order valence-electron chi connectivity index (χ3n) is 2.84. The molecule has 0 radical (unpaired) electrons. The van der Waals surface area contributed by atoms with Crippen LogP contribution in [0.15, 0.2) is 17.7 Å². The van der Waals surface area contributed by atoms with E-state index in [-0.39, 0.29) is 0 Å². The Morgan fingerprint density at radius 2 is 2.53 bits per heavy atom. The van der Waals surface area contributed by atoms with Gasteiger partial charge in [0.2, 0.25) is 0 Å². The van der Waals surface area contributed by atoms with Crippen LogP contribution in [0.2, 0.25) is 0 Å². The van der Waals surface area contributed by atoms with Crippen LogP contribution in [0.25, 0.3) is 11.2 Å². The molecule has 4 nitrogen and oxygen atoms in total. The van der Waals surface area contributed by atoms with Gasteiger partial charge in [-0.05, 0) is 5.92 Å². The molecule has 1 unspecified atom stereocenters. The van der Waals surface area contributed by atoms with Crippen LogP contribution in [-0.2, 0) is 6.54 Å². The molecule has 0 N–H and O–H groups in total. The summed E-state index contributed by atoms with van der Waals surface area (Å²) in [5, 5.41) is 1.09. The second-order valence-corrected chi connectivity index (χ2v) is 4.81.